The zero-order valence-electron chi connectivity index (χ0n) is 20.5. The standard InChI is InChI=1S/C26H29Cl2N3O5/c1-25(2,3)26(4,35)15-36-22-13-21(30-31(22)17-8-6-5-7-9-17)24(34)29-20(14-23(32)33)18-12-16(27)10-11-19(18)28/h5-13,20,35H,14-15H2,1-4H3,(H,29,34)(H,32,33)/t20-,26+/m0/s1. The third-order valence-electron chi connectivity index (χ3n) is 6.04. The number of hydrogen-bond acceptors (Lipinski definition) is 5. The van der Waals surface area contributed by atoms with E-state index in [1.807, 2.05) is 39.0 Å². The number of nitrogens with one attached hydrogen (secondary N) is 1. The van der Waals surface area contributed by atoms with E-state index in [1.165, 1.54) is 22.9 Å². The number of benzene rings is 2. The fourth-order valence-electron chi connectivity index (χ4n) is 3.19. The molecule has 10 heteroatoms. The second-order valence-electron chi connectivity index (χ2n) is 9.72. The number of ether oxygens (including phenoxy) is 1. The summed E-state index contributed by atoms with van der Waals surface area (Å²) in [6, 6.07) is 14.2. The lowest BCUT2D eigenvalue weighted by Gasteiger charge is -2.36. The van der Waals surface area contributed by atoms with Gasteiger partial charge in [-0.25, -0.2) is 4.68 Å². The third kappa shape index (κ3) is 6.57. The van der Waals surface area contributed by atoms with Crippen molar-refractivity contribution in [3.05, 3.63) is 75.9 Å². The van der Waals surface area contributed by atoms with Crippen LogP contribution in [0, 0.1) is 5.41 Å². The Kier molecular flexibility index (Phi) is 8.33. The molecule has 3 aromatic rings. The molecular formula is C26H29Cl2N3O5. The van der Waals surface area contributed by atoms with Crippen molar-refractivity contribution in [3.63, 3.8) is 0 Å². The predicted octanol–water partition coefficient (Wildman–Crippen LogP) is 5.30. The molecule has 0 saturated heterocycles. The van der Waals surface area contributed by atoms with Gasteiger partial charge in [0.25, 0.3) is 5.91 Å². The van der Waals surface area contributed by atoms with Crippen LogP contribution < -0.4 is 10.1 Å². The third-order valence-corrected chi connectivity index (χ3v) is 6.62. The van der Waals surface area contributed by atoms with Crippen LogP contribution >= 0.6 is 23.2 Å². The average Bonchev–Trinajstić information content (AvgIpc) is 3.23. The molecule has 0 radical (unpaired) electrons. The first-order chi connectivity index (χ1) is 16.8. The Hall–Kier alpha value is -3.07. The topological polar surface area (TPSA) is 114 Å². The number of aromatic nitrogens is 2. The summed E-state index contributed by atoms with van der Waals surface area (Å²) < 4.78 is 7.39. The first-order valence-corrected chi connectivity index (χ1v) is 12.0. The maximum Gasteiger partial charge on any atom is 0.305 e. The van der Waals surface area contributed by atoms with Crippen LogP contribution in [0.15, 0.2) is 54.6 Å². The highest BCUT2D eigenvalue weighted by Gasteiger charge is 2.36. The number of halogens is 2. The van der Waals surface area contributed by atoms with Gasteiger partial charge in [-0.1, -0.05) is 62.2 Å². The van der Waals surface area contributed by atoms with E-state index in [4.69, 9.17) is 27.9 Å². The monoisotopic (exact) mass is 533 g/mol. The van der Waals surface area contributed by atoms with Gasteiger partial charge in [0, 0.05) is 16.1 Å². The lowest BCUT2D eigenvalue weighted by molar-refractivity contribution is -0.137. The number of carboxylic acid groups (broad SMARTS) is 1. The van der Waals surface area contributed by atoms with E-state index in [9.17, 15) is 19.8 Å². The Labute approximate surface area is 219 Å². The van der Waals surface area contributed by atoms with Gasteiger partial charge in [-0.3, -0.25) is 9.59 Å². The summed E-state index contributed by atoms with van der Waals surface area (Å²) in [5.41, 5.74) is -0.623. The van der Waals surface area contributed by atoms with E-state index < -0.39 is 35.4 Å². The molecule has 0 spiro atoms. The number of aliphatic carboxylic acids is 1. The summed E-state index contributed by atoms with van der Waals surface area (Å²) in [5, 5.41) is 28.0. The van der Waals surface area contributed by atoms with Gasteiger partial charge in [0.1, 0.15) is 12.2 Å². The van der Waals surface area contributed by atoms with Gasteiger partial charge >= 0.3 is 5.97 Å². The molecule has 2 atom stereocenters. The molecule has 1 heterocycles. The van der Waals surface area contributed by atoms with Crippen LogP contribution in [0.1, 0.15) is 56.2 Å². The summed E-state index contributed by atoms with van der Waals surface area (Å²) >= 11 is 12.3. The molecular weight excluding hydrogens is 505 g/mol. The first kappa shape index (κ1) is 27.5. The Bertz CT molecular complexity index is 1240. The number of nitrogens with zero attached hydrogens (tertiary/aromatic N) is 2. The van der Waals surface area contributed by atoms with Crippen molar-refractivity contribution >= 4 is 35.1 Å². The minimum absolute atomic E-state index is 0.00204. The van der Waals surface area contributed by atoms with Gasteiger partial charge in [0.15, 0.2) is 5.69 Å². The van der Waals surface area contributed by atoms with Crippen molar-refractivity contribution in [3.8, 4) is 11.6 Å². The minimum Gasteiger partial charge on any atom is -0.481 e. The lowest BCUT2D eigenvalue weighted by Crippen LogP contribution is -2.45. The molecule has 0 aliphatic rings. The smallest absolute Gasteiger partial charge is 0.305 e. The van der Waals surface area contributed by atoms with Crippen molar-refractivity contribution in [2.75, 3.05) is 6.61 Å². The van der Waals surface area contributed by atoms with Crippen molar-refractivity contribution < 1.29 is 24.5 Å². The van der Waals surface area contributed by atoms with E-state index in [2.05, 4.69) is 10.4 Å². The first-order valence-electron chi connectivity index (χ1n) is 11.3. The molecule has 0 bridgehead atoms. The van der Waals surface area contributed by atoms with E-state index in [1.54, 1.807) is 25.1 Å². The Morgan fingerprint density at radius 2 is 1.75 bits per heavy atom. The lowest BCUT2D eigenvalue weighted by atomic mass is 9.78. The molecule has 0 fully saturated rings. The predicted molar refractivity (Wildman–Crippen MR) is 138 cm³/mol. The Morgan fingerprint density at radius 3 is 2.36 bits per heavy atom. The summed E-state index contributed by atoms with van der Waals surface area (Å²) in [6.45, 7) is 7.32. The van der Waals surface area contributed by atoms with Gasteiger partial charge in [0.2, 0.25) is 5.88 Å². The molecule has 192 valence electrons. The van der Waals surface area contributed by atoms with Crippen LogP contribution in [0.2, 0.25) is 10.0 Å². The molecule has 0 aliphatic carbocycles. The highest BCUT2D eigenvalue weighted by Crippen LogP contribution is 2.32. The van der Waals surface area contributed by atoms with Crippen molar-refractivity contribution in [1.82, 2.24) is 15.1 Å². The average molecular weight is 534 g/mol. The van der Waals surface area contributed by atoms with E-state index >= 15 is 0 Å². The largest absolute Gasteiger partial charge is 0.481 e. The summed E-state index contributed by atoms with van der Waals surface area (Å²) in [4.78, 5) is 24.7. The van der Waals surface area contributed by atoms with Crippen molar-refractivity contribution in [2.24, 2.45) is 5.41 Å². The molecule has 2 aromatic carbocycles. The fraction of sp³-hybridized carbons (Fsp3) is 0.346. The number of carbonyl (C=O) groups excluding carboxylic acids is 1. The minimum atomic E-state index is -1.17. The van der Waals surface area contributed by atoms with Crippen LogP contribution in [0.25, 0.3) is 5.69 Å². The maximum atomic E-state index is 13.2. The quantitative estimate of drug-likeness (QED) is 0.343. The molecule has 8 nitrogen and oxygen atoms in total. The normalized spacial score (nSPS) is 14.1. The van der Waals surface area contributed by atoms with Crippen LogP contribution in [-0.2, 0) is 4.79 Å². The van der Waals surface area contributed by atoms with Crippen LogP contribution in [0.5, 0.6) is 5.88 Å². The molecule has 36 heavy (non-hydrogen) atoms. The van der Waals surface area contributed by atoms with Gasteiger partial charge in [-0.2, -0.15) is 5.10 Å². The SMILES string of the molecule is CC(C)(C)[C@](C)(O)COc1cc(C(=O)N[C@@H](CC(=O)O)c2cc(Cl)ccc2Cl)nn1-c1ccccc1. The Balaban J connectivity index is 1.94. The van der Waals surface area contributed by atoms with Gasteiger partial charge < -0.3 is 20.3 Å². The number of aliphatic hydroxyl groups is 1. The van der Waals surface area contributed by atoms with Gasteiger partial charge in [0.05, 0.1) is 18.2 Å². The number of para-hydroxylation sites is 1. The fourth-order valence-corrected chi connectivity index (χ4v) is 3.62. The van der Waals surface area contributed by atoms with Crippen LogP contribution in [-0.4, -0.2) is 44.1 Å². The van der Waals surface area contributed by atoms with E-state index in [0.717, 1.165) is 0 Å². The number of carboxylic acids is 1. The zero-order valence-corrected chi connectivity index (χ0v) is 22.0. The van der Waals surface area contributed by atoms with Gasteiger partial charge in [-0.15, -0.1) is 0 Å². The maximum absolute atomic E-state index is 13.2. The molecule has 0 aliphatic heterocycles. The van der Waals surface area contributed by atoms with Crippen molar-refractivity contribution in [2.45, 2.75) is 45.8 Å². The molecule has 1 aromatic heterocycles. The summed E-state index contributed by atoms with van der Waals surface area (Å²) in [7, 11) is 0. The molecule has 1 amide bonds. The summed E-state index contributed by atoms with van der Waals surface area (Å²) in [6.07, 6.45) is -0.414. The number of hydrogen-bond donors (Lipinski definition) is 3. The zero-order chi connectivity index (χ0) is 26.7. The van der Waals surface area contributed by atoms with Crippen molar-refractivity contribution in [1.29, 1.82) is 0 Å². The highest BCUT2D eigenvalue weighted by molar-refractivity contribution is 6.33. The molecule has 0 unspecified atom stereocenters. The van der Waals surface area contributed by atoms with Gasteiger partial charge in [-0.05, 0) is 48.2 Å². The second-order valence-corrected chi connectivity index (χ2v) is 10.6. The Morgan fingerprint density at radius 1 is 1.08 bits per heavy atom. The number of amides is 1. The number of rotatable bonds is 9. The molecule has 0 saturated carbocycles. The van der Waals surface area contributed by atoms with Crippen LogP contribution in [0.3, 0.4) is 0 Å². The van der Waals surface area contributed by atoms with Crippen LogP contribution in [0.4, 0.5) is 0 Å². The summed E-state index contributed by atoms with van der Waals surface area (Å²) in [5.74, 6) is -1.51. The van der Waals surface area contributed by atoms with E-state index in [0.29, 0.717) is 16.3 Å². The highest BCUT2D eigenvalue weighted by atomic mass is 35.5. The molecule has 3 rings (SSSR count). The molecule has 3 N–H and O–H groups in total. The number of carbonyl (C=O) groups is 2. The second kappa shape index (κ2) is 10.9. The van der Waals surface area contributed by atoms with E-state index in [-0.39, 0.29) is 23.2 Å².